The summed E-state index contributed by atoms with van der Waals surface area (Å²) in [6.45, 7) is 5.06. The summed E-state index contributed by atoms with van der Waals surface area (Å²) in [5, 5.41) is 4.93. The van der Waals surface area contributed by atoms with Gasteiger partial charge >= 0.3 is 0 Å². The Labute approximate surface area is 129 Å². The Morgan fingerprint density at radius 2 is 1.95 bits per heavy atom. The molecule has 1 aromatic carbocycles. The molecule has 0 radical (unpaired) electrons. The highest BCUT2D eigenvalue weighted by Gasteiger charge is 2.24. The zero-order valence-corrected chi connectivity index (χ0v) is 13.3. The lowest BCUT2D eigenvalue weighted by Gasteiger charge is -2.25. The topological polar surface area (TPSA) is 21.3 Å². The molecule has 1 heterocycles. The Morgan fingerprint density at radius 1 is 1.21 bits per heavy atom. The van der Waals surface area contributed by atoms with Crippen LogP contribution in [0, 0.1) is 0 Å². The molecule has 1 aliphatic rings. The SMILES string of the molecule is CC(NC(C)C1CCCO1)c1ccc(Cl)c(Cl)c1Cl. The van der Waals surface area contributed by atoms with Crippen LogP contribution in [-0.4, -0.2) is 18.8 Å². The van der Waals surface area contributed by atoms with Gasteiger partial charge in [0.1, 0.15) is 0 Å². The number of ether oxygens (including phenoxy) is 1. The predicted molar refractivity (Wildman–Crippen MR) is 81.5 cm³/mol. The summed E-state index contributed by atoms with van der Waals surface area (Å²) in [4.78, 5) is 0. The molecular formula is C14H18Cl3NO. The summed E-state index contributed by atoms with van der Waals surface area (Å²) in [5.74, 6) is 0. The van der Waals surface area contributed by atoms with Gasteiger partial charge in [-0.05, 0) is 38.3 Å². The van der Waals surface area contributed by atoms with E-state index in [9.17, 15) is 0 Å². The fourth-order valence-electron chi connectivity index (χ4n) is 2.46. The minimum absolute atomic E-state index is 0.0986. The molecule has 0 saturated carbocycles. The van der Waals surface area contributed by atoms with E-state index in [2.05, 4.69) is 19.2 Å². The van der Waals surface area contributed by atoms with Crippen molar-refractivity contribution in [2.45, 2.75) is 44.9 Å². The molecule has 1 fully saturated rings. The van der Waals surface area contributed by atoms with Crippen LogP contribution in [0.4, 0.5) is 0 Å². The summed E-state index contributed by atoms with van der Waals surface area (Å²) in [5.41, 5.74) is 0.959. The average Bonchev–Trinajstić information content (AvgIpc) is 2.89. The monoisotopic (exact) mass is 321 g/mol. The lowest BCUT2D eigenvalue weighted by atomic mass is 10.0. The van der Waals surface area contributed by atoms with Gasteiger partial charge in [0.05, 0.1) is 21.2 Å². The van der Waals surface area contributed by atoms with Gasteiger partial charge < -0.3 is 10.1 Å². The first-order chi connectivity index (χ1) is 9.00. The van der Waals surface area contributed by atoms with E-state index >= 15 is 0 Å². The van der Waals surface area contributed by atoms with Crippen molar-refractivity contribution in [3.8, 4) is 0 Å². The van der Waals surface area contributed by atoms with E-state index in [1.807, 2.05) is 6.07 Å². The van der Waals surface area contributed by atoms with Gasteiger partial charge in [-0.15, -0.1) is 0 Å². The third-order valence-corrected chi connectivity index (χ3v) is 4.88. The summed E-state index contributed by atoms with van der Waals surface area (Å²) >= 11 is 18.3. The molecule has 1 N–H and O–H groups in total. The molecule has 0 bridgehead atoms. The number of benzene rings is 1. The molecule has 0 spiro atoms. The second-order valence-corrected chi connectivity index (χ2v) is 6.16. The van der Waals surface area contributed by atoms with Gasteiger partial charge in [0, 0.05) is 18.7 Å². The molecular weight excluding hydrogens is 305 g/mol. The van der Waals surface area contributed by atoms with E-state index in [1.54, 1.807) is 6.07 Å². The maximum Gasteiger partial charge on any atom is 0.0781 e. The van der Waals surface area contributed by atoms with E-state index in [0.29, 0.717) is 15.1 Å². The van der Waals surface area contributed by atoms with Crippen molar-refractivity contribution in [2.75, 3.05) is 6.61 Å². The largest absolute Gasteiger partial charge is 0.377 e. The van der Waals surface area contributed by atoms with E-state index in [4.69, 9.17) is 39.5 Å². The lowest BCUT2D eigenvalue weighted by Crippen LogP contribution is -2.38. The van der Waals surface area contributed by atoms with Crippen molar-refractivity contribution in [1.82, 2.24) is 5.32 Å². The molecule has 3 atom stereocenters. The first-order valence-electron chi connectivity index (χ1n) is 6.51. The Bertz CT molecular complexity index is 447. The number of hydrogen-bond donors (Lipinski definition) is 1. The fourth-order valence-corrected chi connectivity index (χ4v) is 3.17. The molecule has 1 aliphatic heterocycles. The highest BCUT2D eigenvalue weighted by Crippen LogP contribution is 2.35. The maximum atomic E-state index is 6.25. The molecule has 3 unspecified atom stereocenters. The van der Waals surface area contributed by atoms with Crippen molar-refractivity contribution >= 4 is 34.8 Å². The molecule has 0 aromatic heterocycles. The van der Waals surface area contributed by atoms with Crippen molar-refractivity contribution < 1.29 is 4.74 Å². The van der Waals surface area contributed by atoms with Crippen LogP contribution in [0.1, 0.15) is 38.3 Å². The van der Waals surface area contributed by atoms with Crippen LogP contribution in [0.5, 0.6) is 0 Å². The van der Waals surface area contributed by atoms with Gasteiger partial charge in [-0.1, -0.05) is 40.9 Å². The predicted octanol–water partition coefficient (Wildman–Crippen LogP) is 4.86. The van der Waals surface area contributed by atoms with Crippen LogP contribution in [-0.2, 0) is 4.74 Å². The minimum atomic E-state index is 0.0986. The maximum absolute atomic E-state index is 6.25. The van der Waals surface area contributed by atoms with E-state index < -0.39 is 0 Å². The van der Waals surface area contributed by atoms with Crippen molar-refractivity contribution in [1.29, 1.82) is 0 Å². The highest BCUT2D eigenvalue weighted by atomic mass is 35.5. The number of halogens is 3. The van der Waals surface area contributed by atoms with Crippen LogP contribution in [0.3, 0.4) is 0 Å². The molecule has 19 heavy (non-hydrogen) atoms. The van der Waals surface area contributed by atoms with Crippen LogP contribution in [0.2, 0.25) is 15.1 Å². The van der Waals surface area contributed by atoms with Gasteiger partial charge in [-0.25, -0.2) is 0 Å². The number of hydrogen-bond acceptors (Lipinski definition) is 2. The van der Waals surface area contributed by atoms with E-state index in [0.717, 1.165) is 25.0 Å². The quantitative estimate of drug-likeness (QED) is 0.799. The van der Waals surface area contributed by atoms with E-state index in [1.165, 1.54) is 0 Å². The second kappa shape index (κ2) is 6.64. The van der Waals surface area contributed by atoms with Gasteiger partial charge in [0.25, 0.3) is 0 Å². The average molecular weight is 323 g/mol. The Morgan fingerprint density at radius 3 is 2.58 bits per heavy atom. The van der Waals surface area contributed by atoms with Crippen LogP contribution >= 0.6 is 34.8 Å². The standard InChI is InChI=1S/C14H18Cl3NO/c1-8(18-9(2)12-4-3-7-19-12)10-5-6-11(15)14(17)13(10)16/h5-6,8-9,12,18H,3-4,7H2,1-2H3. The second-order valence-electron chi connectivity index (χ2n) is 4.99. The third-order valence-electron chi connectivity index (χ3n) is 3.57. The fraction of sp³-hybridized carbons (Fsp3) is 0.571. The summed E-state index contributed by atoms with van der Waals surface area (Å²) in [6, 6.07) is 4.07. The third kappa shape index (κ3) is 3.56. The molecule has 1 aromatic rings. The van der Waals surface area contributed by atoms with Gasteiger partial charge in [0.2, 0.25) is 0 Å². The first kappa shape index (κ1) is 15.4. The summed E-state index contributed by atoms with van der Waals surface area (Å²) in [6.07, 6.45) is 2.53. The van der Waals surface area contributed by atoms with Crippen LogP contribution in [0.25, 0.3) is 0 Å². The minimum Gasteiger partial charge on any atom is -0.377 e. The Balaban J connectivity index is 2.07. The molecule has 0 amide bonds. The number of nitrogens with one attached hydrogen (secondary N) is 1. The van der Waals surface area contributed by atoms with Gasteiger partial charge in [0.15, 0.2) is 0 Å². The lowest BCUT2D eigenvalue weighted by molar-refractivity contribution is 0.0804. The Kier molecular flexibility index (Phi) is 5.38. The zero-order chi connectivity index (χ0) is 14.0. The molecule has 2 rings (SSSR count). The zero-order valence-electron chi connectivity index (χ0n) is 11.1. The number of rotatable bonds is 4. The van der Waals surface area contributed by atoms with Crippen molar-refractivity contribution in [3.63, 3.8) is 0 Å². The smallest absolute Gasteiger partial charge is 0.0781 e. The summed E-state index contributed by atoms with van der Waals surface area (Å²) in [7, 11) is 0. The van der Waals surface area contributed by atoms with Crippen LogP contribution in [0.15, 0.2) is 12.1 Å². The molecule has 2 nitrogen and oxygen atoms in total. The van der Waals surface area contributed by atoms with Gasteiger partial charge in [-0.3, -0.25) is 0 Å². The van der Waals surface area contributed by atoms with Crippen molar-refractivity contribution in [2.24, 2.45) is 0 Å². The molecule has 0 aliphatic carbocycles. The molecule has 1 saturated heterocycles. The normalized spacial score (nSPS) is 22.5. The first-order valence-corrected chi connectivity index (χ1v) is 7.65. The van der Waals surface area contributed by atoms with E-state index in [-0.39, 0.29) is 18.2 Å². The highest BCUT2D eigenvalue weighted by molar-refractivity contribution is 6.48. The van der Waals surface area contributed by atoms with Crippen LogP contribution < -0.4 is 5.32 Å². The Hall–Kier alpha value is 0.01000. The summed E-state index contributed by atoms with van der Waals surface area (Å²) < 4.78 is 5.68. The van der Waals surface area contributed by atoms with Gasteiger partial charge in [-0.2, -0.15) is 0 Å². The molecule has 106 valence electrons. The molecule has 5 heteroatoms. The van der Waals surface area contributed by atoms with Crippen molar-refractivity contribution in [3.05, 3.63) is 32.8 Å².